The Morgan fingerprint density at radius 3 is 1.73 bits per heavy atom. The van der Waals surface area contributed by atoms with E-state index in [1.807, 2.05) is 0 Å². The number of nitrogens with one attached hydrogen (secondary N) is 1. The number of aliphatic imine (C=N–C) groups is 2. The number of ether oxygens (including phenoxy) is 2. The molecular formula is C32H31Cl2F8N5O4. The van der Waals surface area contributed by atoms with Crippen LogP contribution in [-0.4, -0.2) is 57.9 Å². The van der Waals surface area contributed by atoms with E-state index in [4.69, 9.17) is 32.7 Å². The third kappa shape index (κ3) is 8.75. The molecule has 0 saturated carbocycles. The molecule has 2 aromatic rings. The number of carbonyl (C=O) groups is 2. The number of carbonyl (C=O) groups excluding carboxylic acids is 2. The highest BCUT2D eigenvalue weighted by Crippen LogP contribution is 2.49. The lowest BCUT2D eigenvalue weighted by molar-refractivity contribution is -0.0646. The highest BCUT2D eigenvalue weighted by atomic mass is 35.5. The molecule has 2 aromatic carbocycles. The Hall–Kier alpha value is -3.96. The van der Waals surface area contributed by atoms with Gasteiger partial charge in [-0.3, -0.25) is 5.01 Å². The number of halogens is 10. The Labute approximate surface area is 296 Å². The second-order valence-corrected chi connectivity index (χ2v) is 14.3. The van der Waals surface area contributed by atoms with Crippen molar-refractivity contribution in [1.82, 2.24) is 10.3 Å². The zero-order chi connectivity index (χ0) is 38.7. The molecule has 2 amide bonds. The van der Waals surface area contributed by atoms with E-state index in [9.17, 15) is 31.5 Å². The lowest BCUT2D eigenvalue weighted by Gasteiger charge is -2.34. The molecule has 0 spiro atoms. The standard InChI is InChI=1S/C32H31Cl2F8N5O4/c1-27(2,3)50-25(48)46(26(49)51-28(4,5)6)23-20-22(31(37,38)39)43-24(32(40,41)42)44-30(20,15-16-11-9-8-10-12-16)45-47(23)21-18(33)13-17(14-19(21)34)29(7,35)36/h8-14,45H,15H2,1-7H3. The van der Waals surface area contributed by atoms with Gasteiger partial charge in [-0.05, 0) is 59.2 Å². The number of amidine groups is 1. The van der Waals surface area contributed by atoms with Crippen LogP contribution in [0.5, 0.6) is 0 Å². The number of hydrogen-bond acceptors (Lipinski definition) is 8. The van der Waals surface area contributed by atoms with Crippen molar-refractivity contribution in [3.63, 3.8) is 0 Å². The molecule has 0 aromatic heterocycles. The number of hydrazine groups is 1. The minimum absolute atomic E-state index is 0.00404. The lowest BCUT2D eigenvalue weighted by atomic mass is 9.88. The molecular weight excluding hydrogens is 741 g/mol. The minimum Gasteiger partial charge on any atom is -0.443 e. The van der Waals surface area contributed by atoms with Crippen LogP contribution in [0.1, 0.15) is 59.6 Å². The Bertz CT molecular complexity index is 1760. The zero-order valence-corrected chi connectivity index (χ0v) is 29.5. The average molecular weight is 773 g/mol. The lowest BCUT2D eigenvalue weighted by Crippen LogP contribution is -2.54. The van der Waals surface area contributed by atoms with Crippen LogP contribution >= 0.6 is 23.2 Å². The van der Waals surface area contributed by atoms with Crippen molar-refractivity contribution >= 4 is 52.6 Å². The van der Waals surface area contributed by atoms with Crippen molar-refractivity contribution in [3.05, 3.63) is 75.0 Å². The molecule has 0 aliphatic carbocycles. The number of rotatable bonds is 5. The van der Waals surface area contributed by atoms with E-state index >= 15 is 13.2 Å². The first kappa shape index (κ1) is 39.8. The molecule has 1 N–H and O–H groups in total. The van der Waals surface area contributed by atoms with Gasteiger partial charge in [0.25, 0.3) is 5.92 Å². The largest absolute Gasteiger partial charge is 0.451 e. The second kappa shape index (κ2) is 13.2. The predicted molar refractivity (Wildman–Crippen MR) is 173 cm³/mol. The summed E-state index contributed by atoms with van der Waals surface area (Å²) < 4.78 is 128. The van der Waals surface area contributed by atoms with Crippen molar-refractivity contribution in [1.29, 1.82) is 0 Å². The molecule has 19 heteroatoms. The number of anilines is 1. The van der Waals surface area contributed by atoms with Crippen molar-refractivity contribution in [2.45, 2.75) is 90.0 Å². The maximum atomic E-state index is 15.1. The van der Waals surface area contributed by atoms with E-state index in [1.165, 1.54) is 71.9 Å². The first-order valence-corrected chi connectivity index (χ1v) is 15.6. The highest BCUT2D eigenvalue weighted by molar-refractivity contribution is 6.39. The number of imide groups is 1. The fourth-order valence-corrected chi connectivity index (χ4v) is 5.66. The van der Waals surface area contributed by atoms with Crippen LogP contribution in [0.4, 0.5) is 50.4 Å². The molecule has 1 unspecified atom stereocenters. The maximum Gasteiger partial charge on any atom is 0.451 e. The number of nitrogens with zero attached hydrogens (tertiary/aromatic N) is 4. The number of hydrogen-bond donors (Lipinski definition) is 1. The smallest absolute Gasteiger partial charge is 0.443 e. The van der Waals surface area contributed by atoms with Crippen LogP contribution in [0.15, 0.2) is 63.8 Å². The van der Waals surface area contributed by atoms with Crippen molar-refractivity contribution in [3.8, 4) is 0 Å². The van der Waals surface area contributed by atoms with E-state index in [0.717, 1.165) is 0 Å². The van der Waals surface area contributed by atoms with E-state index in [2.05, 4.69) is 15.4 Å². The molecule has 0 saturated heterocycles. The average Bonchev–Trinajstić information content (AvgIpc) is 3.23. The van der Waals surface area contributed by atoms with E-state index in [0.29, 0.717) is 24.1 Å². The first-order chi connectivity index (χ1) is 23.0. The predicted octanol–water partition coefficient (Wildman–Crippen LogP) is 9.73. The van der Waals surface area contributed by atoms with E-state index < -0.39 is 98.0 Å². The SMILES string of the molecule is CC(C)(C)OC(=O)N(C(=O)OC(C)(C)C)C1=C2C(C(F)(F)F)=NC(C(F)(F)F)=NC2(Cc2ccccc2)NN1c1c(Cl)cc(C(C)(F)F)cc1Cl. The van der Waals surface area contributed by atoms with Crippen LogP contribution in [0.2, 0.25) is 10.0 Å². The molecule has 0 radical (unpaired) electrons. The van der Waals surface area contributed by atoms with Crippen molar-refractivity contribution in [2.75, 3.05) is 5.01 Å². The fourth-order valence-electron chi connectivity index (χ4n) is 5.00. The van der Waals surface area contributed by atoms with Crippen LogP contribution in [0.25, 0.3) is 0 Å². The van der Waals surface area contributed by atoms with Crippen LogP contribution in [-0.2, 0) is 21.8 Å². The number of benzene rings is 2. The van der Waals surface area contributed by atoms with Gasteiger partial charge in [0.15, 0.2) is 17.2 Å². The monoisotopic (exact) mass is 771 g/mol. The summed E-state index contributed by atoms with van der Waals surface area (Å²) >= 11 is 12.9. The summed E-state index contributed by atoms with van der Waals surface area (Å²) in [6.45, 7) is 8.68. The van der Waals surface area contributed by atoms with Gasteiger partial charge in [0.05, 0.1) is 21.3 Å². The summed E-state index contributed by atoms with van der Waals surface area (Å²) in [6, 6.07) is 8.57. The normalized spacial score (nSPS) is 18.6. The van der Waals surface area contributed by atoms with E-state index in [1.54, 1.807) is 0 Å². The molecule has 2 aliphatic heterocycles. The van der Waals surface area contributed by atoms with Gasteiger partial charge in [0, 0.05) is 18.9 Å². The molecule has 1 atom stereocenters. The topological polar surface area (TPSA) is 95.8 Å². The summed E-state index contributed by atoms with van der Waals surface area (Å²) in [5.74, 6) is -6.95. The Kier molecular flexibility index (Phi) is 10.3. The summed E-state index contributed by atoms with van der Waals surface area (Å²) in [5.41, 5.74) is -8.03. The zero-order valence-electron chi connectivity index (χ0n) is 28.0. The molecule has 2 heterocycles. The molecule has 278 valence electrons. The molecule has 2 aliphatic rings. The van der Waals surface area contributed by atoms with Crippen LogP contribution < -0.4 is 10.4 Å². The molecule has 4 rings (SSSR count). The summed E-state index contributed by atoms with van der Waals surface area (Å²) in [5, 5.41) is -0.882. The van der Waals surface area contributed by atoms with Gasteiger partial charge < -0.3 is 9.47 Å². The molecule has 0 fully saturated rings. The summed E-state index contributed by atoms with van der Waals surface area (Å²) in [6.07, 6.45) is -15.4. The molecule has 51 heavy (non-hydrogen) atoms. The Balaban J connectivity index is 2.24. The maximum absolute atomic E-state index is 15.1. The molecule has 0 bridgehead atoms. The van der Waals surface area contributed by atoms with Gasteiger partial charge in [-0.15, -0.1) is 0 Å². The van der Waals surface area contributed by atoms with Gasteiger partial charge in [0.2, 0.25) is 5.84 Å². The fraction of sp³-hybridized carbons (Fsp3) is 0.438. The first-order valence-electron chi connectivity index (χ1n) is 14.9. The quantitative estimate of drug-likeness (QED) is 0.304. The third-order valence-electron chi connectivity index (χ3n) is 6.83. The van der Waals surface area contributed by atoms with Crippen LogP contribution in [0.3, 0.4) is 0 Å². The van der Waals surface area contributed by atoms with Crippen molar-refractivity contribution < 1.29 is 54.2 Å². The number of amides is 2. The van der Waals surface area contributed by atoms with Gasteiger partial charge in [-0.25, -0.2) is 28.4 Å². The number of alkyl halides is 8. The molecule has 9 nitrogen and oxygen atoms in total. The van der Waals surface area contributed by atoms with Gasteiger partial charge in [-0.2, -0.15) is 36.7 Å². The third-order valence-corrected chi connectivity index (χ3v) is 7.41. The van der Waals surface area contributed by atoms with Gasteiger partial charge >= 0.3 is 24.5 Å². The van der Waals surface area contributed by atoms with Crippen molar-refractivity contribution in [2.24, 2.45) is 9.98 Å². The minimum atomic E-state index is -5.71. The number of fused-ring (bicyclic) bond motifs is 1. The van der Waals surface area contributed by atoms with Crippen LogP contribution in [0, 0.1) is 0 Å². The highest BCUT2D eigenvalue weighted by Gasteiger charge is 2.61. The Morgan fingerprint density at radius 1 is 0.824 bits per heavy atom. The summed E-state index contributed by atoms with van der Waals surface area (Å²) in [7, 11) is 0. The summed E-state index contributed by atoms with van der Waals surface area (Å²) in [4.78, 5) is 34.4. The Morgan fingerprint density at radius 2 is 1.31 bits per heavy atom. The second-order valence-electron chi connectivity index (χ2n) is 13.5. The van der Waals surface area contributed by atoms with E-state index in [-0.39, 0.29) is 10.5 Å². The van der Waals surface area contributed by atoms with Gasteiger partial charge in [-0.1, -0.05) is 53.5 Å². The van der Waals surface area contributed by atoms with Gasteiger partial charge in [0.1, 0.15) is 11.2 Å².